The van der Waals surface area contributed by atoms with Crippen LogP contribution in [0.4, 0.5) is 0 Å². The maximum absolute atomic E-state index is 4.97. The van der Waals surface area contributed by atoms with Crippen molar-refractivity contribution in [2.24, 2.45) is 0 Å². The number of hydrogen-bond donors (Lipinski definition) is 1. The van der Waals surface area contributed by atoms with E-state index in [2.05, 4.69) is 43.4 Å². The number of hydrogen-bond acceptors (Lipinski definition) is 3. The van der Waals surface area contributed by atoms with E-state index in [0.717, 1.165) is 6.54 Å². The zero-order valence-corrected chi connectivity index (χ0v) is 14.0. The van der Waals surface area contributed by atoms with Gasteiger partial charge in [0.15, 0.2) is 0 Å². The number of fused-ring (bicyclic) bond motifs is 1. The van der Waals surface area contributed by atoms with Crippen molar-refractivity contribution in [2.45, 2.75) is 44.9 Å². The van der Waals surface area contributed by atoms with E-state index < -0.39 is 0 Å². The Kier molecular flexibility index (Phi) is 4.41. The van der Waals surface area contributed by atoms with E-state index >= 15 is 0 Å². The molecule has 1 aromatic carbocycles. The fraction of sp³-hybridized carbons (Fsp3) is 0.500. The van der Waals surface area contributed by atoms with Crippen molar-refractivity contribution >= 4 is 11.3 Å². The van der Waals surface area contributed by atoms with E-state index in [1.165, 1.54) is 46.0 Å². The predicted molar refractivity (Wildman–Crippen MR) is 91.2 cm³/mol. The third-order valence-electron chi connectivity index (χ3n) is 4.35. The first-order chi connectivity index (χ1) is 10.2. The van der Waals surface area contributed by atoms with Gasteiger partial charge < -0.3 is 5.32 Å². The number of rotatable bonds is 4. The highest BCUT2D eigenvalue weighted by Gasteiger charge is 2.24. The molecule has 3 heteroatoms. The molecule has 2 aromatic rings. The van der Waals surface area contributed by atoms with Gasteiger partial charge in [-0.15, -0.1) is 11.3 Å². The maximum atomic E-state index is 4.97. The molecule has 0 saturated carbocycles. The van der Waals surface area contributed by atoms with Crippen LogP contribution >= 0.6 is 11.3 Å². The molecule has 1 aliphatic rings. The van der Waals surface area contributed by atoms with Crippen molar-refractivity contribution in [3.63, 3.8) is 0 Å². The molecule has 3 rings (SSSR count). The van der Waals surface area contributed by atoms with Crippen LogP contribution in [0.1, 0.15) is 54.7 Å². The highest BCUT2D eigenvalue weighted by molar-refractivity contribution is 7.15. The van der Waals surface area contributed by atoms with Gasteiger partial charge in [-0.1, -0.05) is 38.1 Å². The fourth-order valence-corrected chi connectivity index (χ4v) is 4.28. The summed E-state index contributed by atoms with van der Waals surface area (Å²) in [6.07, 6.45) is 3.77. The SMILES string of the molecule is CNCC1CCCc2sc(-c3ccc(C(C)C)cc3)nc21. The lowest BCUT2D eigenvalue weighted by atomic mass is 9.91. The average Bonchev–Trinajstić information content (AvgIpc) is 2.93. The van der Waals surface area contributed by atoms with Crippen LogP contribution < -0.4 is 5.32 Å². The molecule has 1 unspecified atom stereocenters. The molecule has 0 amide bonds. The van der Waals surface area contributed by atoms with Crippen LogP contribution in [0.3, 0.4) is 0 Å². The van der Waals surface area contributed by atoms with Crippen LogP contribution in [0.2, 0.25) is 0 Å². The van der Waals surface area contributed by atoms with Gasteiger partial charge in [-0.25, -0.2) is 4.98 Å². The van der Waals surface area contributed by atoms with Gasteiger partial charge >= 0.3 is 0 Å². The molecular formula is C18H24N2S. The Morgan fingerprint density at radius 1 is 1.29 bits per heavy atom. The summed E-state index contributed by atoms with van der Waals surface area (Å²) < 4.78 is 0. The molecule has 112 valence electrons. The third-order valence-corrected chi connectivity index (χ3v) is 5.53. The van der Waals surface area contributed by atoms with Crippen LogP contribution in [0.5, 0.6) is 0 Å². The minimum Gasteiger partial charge on any atom is -0.319 e. The number of thiazole rings is 1. The van der Waals surface area contributed by atoms with Crippen LogP contribution in [0, 0.1) is 0 Å². The molecule has 0 aliphatic heterocycles. The van der Waals surface area contributed by atoms with Gasteiger partial charge in [0.1, 0.15) is 5.01 Å². The van der Waals surface area contributed by atoms with E-state index in [0.29, 0.717) is 11.8 Å². The van der Waals surface area contributed by atoms with Crippen LogP contribution in [0.25, 0.3) is 10.6 Å². The first kappa shape index (κ1) is 14.7. The molecule has 1 atom stereocenters. The van der Waals surface area contributed by atoms with Crippen LogP contribution in [-0.2, 0) is 6.42 Å². The standard InChI is InChI=1S/C18H24N2S/c1-12(2)13-7-9-14(10-8-13)18-20-17-15(11-19-3)5-4-6-16(17)21-18/h7-10,12,15,19H,4-6,11H2,1-3H3. The van der Waals surface area contributed by atoms with Crippen LogP contribution in [-0.4, -0.2) is 18.6 Å². The molecule has 1 heterocycles. The zero-order valence-electron chi connectivity index (χ0n) is 13.1. The highest BCUT2D eigenvalue weighted by Crippen LogP contribution is 2.38. The van der Waals surface area contributed by atoms with Crippen LogP contribution in [0.15, 0.2) is 24.3 Å². The van der Waals surface area contributed by atoms with Crippen molar-refractivity contribution in [1.29, 1.82) is 0 Å². The number of nitrogens with zero attached hydrogens (tertiary/aromatic N) is 1. The van der Waals surface area contributed by atoms with Crippen molar-refractivity contribution in [3.8, 4) is 10.6 Å². The number of aromatic nitrogens is 1. The van der Waals surface area contributed by atoms with E-state index in [-0.39, 0.29) is 0 Å². The van der Waals surface area contributed by atoms with Gasteiger partial charge in [0.25, 0.3) is 0 Å². The Bertz CT molecular complexity index is 598. The third kappa shape index (κ3) is 3.04. The first-order valence-corrected chi connectivity index (χ1v) is 8.75. The Labute approximate surface area is 131 Å². The van der Waals surface area contributed by atoms with Gasteiger partial charge in [-0.3, -0.25) is 0 Å². The first-order valence-electron chi connectivity index (χ1n) is 7.93. The molecule has 0 saturated heterocycles. The number of nitrogens with one attached hydrogen (secondary N) is 1. The van der Waals surface area contributed by atoms with E-state index in [1.54, 1.807) is 0 Å². The summed E-state index contributed by atoms with van der Waals surface area (Å²) in [5.74, 6) is 1.18. The van der Waals surface area contributed by atoms with Gasteiger partial charge in [-0.2, -0.15) is 0 Å². The Balaban J connectivity index is 1.90. The normalized spacial score (nSPS) is 18.0. The summed E-state index contributed by atoms with van der Waals surface area (Å²) in [5.41, 5.74) is 4.01. The molecule has 21 heavy (non-hydrogen) atoms. The second-order valence-corrected chi connectivity index (χ2v) is 7.33. The minimum absolute atomic E-state index is 0.587. The molecule has 1 N–H and O–H groups in total. The lowest BCUT2D eigenvalue weighted by molar-refractivity contribution is 0.523. The van der Waals surface area contributed by atoms with Gasteiger partial charge in [-0.05, 0) is 37.8 Å². The van der Waals surface area contributed by atoms with Crippen molar-refractivity contribution < 1.29 is 0 Å². The monoisotopic (exact) mass is 300 g/mol. The topological polar surface area (TPSA) is 24.9 Å². The smallest absolute Gasteiger partial charge is 0.123 e. The molecule has 1 aliphatic carbocycles. The highest BCUT2D eigenvalue weighted by atomic mass is 32.1. The Hall–Kier alpha value is -1.19. The quantitative estimate of drug-likeness (QED) is 0.894. The summed E-state index contributed by atoms with van der Waals surface area (Å²) in [6.45, 7) is 5.52. The summed E-state index contributed by atoms with van der Waals surface area (Å²) >= 11 is 1.89. The number of likely N-dealkylation sites (N-methyl/N-ethyl adjacent to an activating group) is 1. The molecule has 0 spiro atoms. The predicted octanol–water partition coefficient (Wildman–Crippen LogP) is 4.57. The average molecular weight is 300 g/mol. The van der Waals surface area contributed by atoms with Crippen molar-refractivity contribution in [1.82, 2.24) is 10.3 Å². The second kappa shape index (κ2) is 6.29. The fourth-order valence-electron chi connectivity index (χ4n) is 3.09. The van der Waals surface area contributed by atoms with Gasteiger partial charge in [0.05, 0.1) is 5.69 Å². The van der Waals surface area contributed by atoms with E-state index in [4.69, 9.17) is 4.98 Å². The molecular weight excluding hydrogens is 276 g/mol. The van der Waals surface area contributed by atoms with E-state index in [1.807, 2.05) is 18.4 Å². The Morgan fingerprint density at radius 2 is 2.05 bits per heavy atom. The summed E-state index contributed by atoms with van der Waals surface area (Å²) in [6, 6.07) is 8.94. The molecule has 0 radical (unpaired) electrons. The minimum atomic E-state index is 0.587. The maximum Gasteiger partial charge on any atom is 0.123 e. The largest absolute Gasteiger partial charge is 0.319 e. The number of benzene rings is 1. The number of aryl methyl sites for hydroxylation is 1. The summed E-state index contributed by atoms with van der Waals surface area (Å²) in [5, 5.41) is 4.50. The molecule has 0 fully saturated rings. The van der Waals surface area contributed by atoms with Crippen molar-refractivity contribution in [3.05, 3.63) is 40.4 Å². The van der Waals surface area contributed by atoms with E-state index in [9.17, 15) is 0 Å². The summed E-state index contributed by atoms with van der Waals surface area (Å²) in [7, 11) is 2.03. The zero-order chi connectivity index (χ0) is 14.8. The molecule has 1 aromatic heterocycles. The van der Waals surface area contributed by atoms with Gasteiger partial charge in [0.2, 0.25) is 0 Å². The lowest BCUT2D eigenvalue weighted by Gasteiger charge is -2.20. The second-order valence-electron chi connectivity index (χ2n) is 6.25. The molecule has 0 bridgehead atoms. The van der Waals surface area contributed by atoms with Crippen molar-refractivity contribution in [2.75, 3.05) is 13.6 Å². The van der Waals surface area contributed by atoms with Gasteiger partial charge in [0, 0.05) is 22.9 Å². The lowest BCUT2D eigenvalue weighted by Crippen LogP contribution is -2.20. The molecule has 2 nitrogen and oxygen atoms in total. The Morgan fingerprint density at radius 3 is 2.71 bits per heavy atom. The summed E-state index contributed by atoms with van der Waals surface area (Å²) in [4.78, 5) is 6.48.